The molecule has 3 aromatic carbocycles. The topological polar surface area (TPSA) is 96.9 Å². The third-order valence-electron chi connectivity index (χ3n) is 5.44. The largest absolute Gasteiger partial charge is 0.493 e. The van der Waals surface area contributed by atoms with Crippen molar-refractivity contribution in [1.82, 2.24) is 10.6 Å². The number of aliphatic hydroxyl groups is 1. The fourth-order valence-electron chi connectivity index (χ4n) is 3.50. The fraction of sp³-hybridized carbons (Fsp3) is 0.267. The fourth-order valence-corrected chi connectivity index (χ4v) is 3.50. The Kier molecular flexibility index (Phi) is 10.3. The minimum Gasteiger partial charge on any atom is -0.493 e. The van der Waals surface area contributed by atoms with Gasteiger partial charge in [0.1, 0.15) is 17.2 Å². The second-order valence-electron chi connectivity index (χ2n) is 8.87. The van der Waals surface area contributed by atoms with E-state index in [1.807, 2.05) is 32.0 Å². The molecule has 0 saturated heterocycles. The molecular formula is C30H34N2O5. The minimum absolute atomic E-state index is 0.0459. The van der Waals surface area contributed by atoms with Crippen LogP contribution in [0.3, 0.4) is 0 Å². The van der Waals surface area contributed by atoms with Crippen LogP contribution in [0.4, 0.5) is 0 Å². The van der Waals surface area contributed by atoms with Crippen molar-refractivity contribution >= 4 is 17.9 Å². The van der Waals surface area contributed by atoms with Crippen LogP contribution in [-0.4, -0.2) is 42.8 Å². The molecule has 1 unspecified atom stereocenters. The predicted octanol–water partition coefficient (Wildman–Crippen LogP) is 4.54. The van der Waals surface area contributed by atoms with Gasteiger partial charge in [0.15, 0.2) is 0 Å². The van der Waals surface area contributed by atoms with Gasteiger partial charge in [-0.1, -0.05) is 49.4 Å². The monoisotopic (exact) mass is 502 g/mol. The number of carbonyl (C=O) groups is 2. The van der Waals surface area contributed by atoms with Crippen molar-refractivity contribution in [3.63, 3.8) is 0 Å². The summed E-state index contributed by atoms with van der Waals surface area (Å²) >= 11 is 0. The molecule has 194 valence electrons. The molecule has 0 spiro atoms. The highest BCUT2D eigenvalue weighted by Crippen LogP contribution is 2.19. The maximum absolute atomic E-state index is 12.9. The molecule has 2 amide bonds. The van der Waals surface area contributed by atoms with E-state index >= 15 is 0 Å². The molecule has 0 aliphatic carbocycles. The SMILES string of the molecule is CC(C)Oc1ccc(C=C(NC(=O)c2ccc(OCC(C)c3ccccc3)cc2)C(=O)NCCO)cc1. The van der Waals surface area contributed by atoms with Crippen LogP contribution in [0.1, 0.15) is 48.2 Å². The van der Waals surface area contributed by atoms with Crippen molar-refractivity contribution < 1.29 is 24.2 Å². The first-order chi connectivity index (χ1) is 17.9. The Bertz CT molecular complexity index is 1170. The van der Waals surface area contributed by atoms with Crippen LogP contribution in [0.5, 0.6) is 11.5 Å². The Hall–Kier alpha value is -4.10. The summed E-state index contributed by atoms with van der Waals surface area (Å²) in [6, 6.07) is 24.1. The van der Waals surface area contributed by atoms with Gasteiger partial charge < -0.3 is 25.2 Å². The zero-order valence-corrected chi connectivity index (χ0v) is 21.4. The van der Waals surface area contributed by atoms with E-state index in [2.05, 4.69) is 29.7 Å². The average molecular weight is 503 g/mol. The molecule has 0 aliphatic rings. The minimum atomic E-state index is -0.500. The van der Waals surface area contributed by atoms with Gasteiger partial charge >= 0.3 is 0 Å². The van der Waals surface area contributed by atoms with Crippen LogP contribution in [0.15, 0.2) is 84.6 Å². The molecule has 3 rings (SSSR count). The molecule has 3 N–H and O–H groups in total. The molecule has 0 aromatic heterocycles. The summed E-state index contributed by atoms with van der Waals surface area (Å²) in [6.07, 6.45) is 1.62. The maximum Gasteiger partial charge on any atom is 0.267 e. The molecule has 0 fully saturated rings. The van der Waals surface area contributed by atoms with Crippen LogP contribution < -0.4 is 20.1 Å². The summed E-state index contributed by atoms with van der Waals surface area (Å²) < 4.78 is 11.5. The zero-order chi connectivity index (χ0) is 26.6. The number of aliphatic hydroxyl groups excluding tert-OH is 1. The highest BCUT2D eigenvalue weighted by Gasteiger charge is 2.15. The van der Waals surface area contributed by atoms with Gasteiger partial charge in [0, 0.05) is 18.0 Å². The van der Waals surface area contributed by atoms with Crippen molar-refractivity contribution in [2.75, 3.05) is 19.8 Å². The number of carbonyl (C=O) groups excluding carboxylic acids is 2. The number of benzene rings is 3. The molecule has 3 aromatic rings. The summed E-state index contributed by atoms with van der Waals surface area (Å²) in [4.78, 5) is 25.6. The van der Waals surface area contributed by atoms with Crippen LogP contribution >= 0.6 is 0 Å². The second kappa shape index (κ2) is 13.8. The number of hydrogen-bond donors (Lipinski definition) is 3. The number of amides is 2. The number of rotatable bonds is 12. The number of nitrogens with one attached hydrogen (secondary N) is 2. The first-order valence-electron chi connectivity index (χ1n) is 12.3. The Morgan fingerprint density at radius 3 is 2.16 bits per heavy atom. The molecule has 0 heterocycles. The van der Waals surface area contributed by atoms with Gasteiger partial charge in [-0.3, -0.25) is 9.59 Å². The Balaban J connectivity index is 1.67. The average Bonchev–Trinajstić information content (AvgIpc) is 2.91. The normalized spacial score (nSPS) is 12.1. The lowest BCUT2D eigenvalue weighted by molar-refractivity contribution is -0.117. The van der Waals surface area contributed by atoms with Gasteiger partial charge in [-0.25, -0.2) is 0 Å². The van der Waals surface area contributed by atoms with Crippen LogP contribution in [0.25, 0.3) is 6.08 Å². The first-order valence-corrected chi connectivity index (χ1v) is 12.3. The smallest absolute Gasteiger partial charge is 0.267 e. The lowest BCUT2D eigenvalue weighted by Crippen LogP contribution is -2.36. The highest BCUT2D eigenvalue weighted by molar-refractivity contribution is 6.05. The highest BCUT2D eigenvalue weighted by atomic mass is 16.5. The van der Waals surface area contributed by atoms with Crippen molar-refractivity contribution in [2.45, 2.75) is 32.8 Å². The summed E-state index contributed by atoms with van der Waals surface area (Å²) in [6.45, 7) is 6.35. The third-order valence-corrected chi connectivity index (χ3v) is 5.44. The van der Waals surface area contributed by atoms with Gasteiger partial charge in [-0.15, -0.1) is 0 Å². The van der Waals surface area contributed by atoms with Crippen molar-refractivity contribution in [3.8, 4) is 11.5 Å². The number of hydrogen-bond acceptors (Lipinski definition) is 5. The van der Waals surface area contributed by atoms with Gasteiger partial charge in [0.2, 0.25) is 0 Å². The van der Waals surface area contributed by atoms with Gasteiger partial charge in [0.25, 0.3) is 11.8 Å². The van der Waals surface area contributed by atoms with Crippen LogP contribution in [-0.2, 0) is 4.79 Å². The molecule has 7 heteroatoms. The van der Waals surface area contributed by atoms with Gasteiger partial charge in [-0.05, 0) is 67.4 Å². The first kappa shape index (κ1) is 27.5. The van der Waals surface area contributed by atoms with Crippen LogP contribution in [0, 0.1) is 0 Å². The van der Waals surface area contributed by atoms with Crippen molar-refractivity contribution in [2.24, 2.45) is 0 Å². The third kappa shape index (κ3) is 8.81. The van der Waals surface area contributed by atoms with E-state index in [0.717, 1.165) is 0 Å². The molecule has 7 nitrogen and oxygen atoms in total. The van der Waals surface area contributed by atoms with Gasteiger partial charge in [0.05, 0.1) is 19.3 Å². The standard InChI is InChI=1S/C30H34N2O5/c1-21(2)37-27-13-9-23(10-14-27)19-28(30(35)31-17-18-33)32-29(34)25-11-15-26(16-12-25)36-20-22(3)24-7-5-4-6-8-24/h4-16,19,21-22,33H,17-18,20H2,1-3H3,(H,31,35)(H,32,34). The van der Waals surface area contributed by atoms with Crippen LogP contribution in [0.2, 0.25) is 0 Å². The van der Waals surface area contributed by atoms with E-state index in [9.17, 15) is 9.59 Å². The lowest BCUT2D eigenvalue weighted by Gasteiger charge is -2.14. The van der Waals surface area contributed by atoms with E-state index in [4.69, 9.17) is 14.6 Å². The summed E-state index contributed by atoms with van der Waals surface area (Å²) in [5.41, 5.74) is 2.35. The zero-order valence-electron chi connectivity index (χ0n) is 21.4. The summed E-state index contributed by atoms with van der Waals surface area (Å²) in [5.74, 6) is 0.650. The molecule has 0 saturated carbocycles. The molecular weight excluding hydrogens is 468 g/mol. The lowest BCUT2D eigenvalue weighted by atomic mass is 10.0. The second-order valence-corrected chi connectivity index (χ2v) is 8.87. The summed E-state index contributed by atoms with van der Waals surface area (Å²) in [7, 11) is 0. The molecule has 0 aliphatic heterocycles. The Morgan fingerprint density at radius 2 is 1.54 bits per heavy atom. The van der Waals surface area contributed by atoms with Crippen molar-refractivity contribution in [1.29, 1.82) is 0 Å². The maximum atomic E-state index is 12.9. The quantitative estimate of drug-likeness (QED) is 0.316. The molecule has 0 bridgehead atoms. The van der Waals surface area contributed by atoms with E-state index in [1.165, 1.54) is 5.56 Å². The van der Waals surface area contributed by atoms with Crippen molar-refractivity contribution in [3.05, 3.63) is 101 Å². The molecule has 1 atom stereocenters. The molecule has 0 radical (unpaired) electrons. The molecule has 37 heavy (non-hydrogen) atoms. The Morgan fingerprint density at radius 1 is 0.892 bits per heavy atom. The summed E-state index contributed by atoms with van der Waals surface area (Å²) in [5, 5.41) is 14.3. The number of ether oxygens (including phenoxy) is 2. The predicted molar refractivity (Wildman–Crippen MR) is 145 cm³/mol. The Labute approximate surface area is 218 Å². The van der Waals surface area contributed by atoms with Gasteiger partial charge in [-0.2, -0.15) is 0 Å². The van der Waals surface area contributed by atoms with E-state index in [-0.39, 0.29) is 30.9 Å². The van der Waals surface area contributed by atoms with E-state index in [1.54, 1.807) is 54.6 Å². The van der Waals surface area contributed by atoms with E-state index in [0.29, 0.717) is 29.2 Å². The van der Waals surface area contributed by atoms with E-state index < -0.39 is 11.8 Å².